The summed E-state index contributed by atoms with van der Waals surface area (Å²) in [5.41, 5.74) is 2.92. The van der Waals surface area contributed by atoms with Crippen molar-refractivity contribution in [3.63, 3.8) is 0 Å². The van der Waals surface area contributed by atoms with Gasteiger partial charge < -0.3 is 9.30 Å². The molecule has 0 aliphatic heterocycles. The van der Waals surface area contributed by atoms with Crippen molar-refractivity contribution in [3.05, 3.63) is 64.3 Å². The first-order valence-electron chi connectivity index (χ1n) is 9.30. The van der Waals surface area contributed by atoms with E-state index in [1.165, 1.54) is 11.3 Å². The number of aromatic nitrogens is 3. The van der Waals surface area contributed by atoms with E-state index in [0.717, 1.165) is 10.2 Å². The highest BCUT2D eigenvalue weighted by atomic mass is 32.1. The van der Waals surface area contributed by atoms with Crippen molar-refractivity contribution in [1.29, 1.82) is 0 Å². The van der Waals surface area contributed by atoms with Crippen molar-refractivity contribution in [2.75, 3.05) is 6.61 Å². The number of fused-ring (bicyclic) bond motifs is 2. The Labute approximate surface area is 176 Å². The van der Waals surface area contributed by atoms with Crippen molar-refractivity contribution in [1.82, 2.24) is 14.0 Å². The number of esters is 1. The van der Waals surface area contributed by atoms with Crippen LogP contribution in [-0.2, 0) is 11.3 Å². The third-order valence-electron chi connectivity index (χ3n) is 4.55. The lowest BCUT2D eigenvalue weighted by Crippen LogP contribution is -2.17. The Morgan fingerprint density at radius 1 is 1.30 bits per heavy atom. The summed E-state index contributed by atoms with van der Waals surface area (Å²) in [4.78, 5) is 34.3. The van der Waals surface area contributed by atoms with Gasteiger partial charge in [0.25, 0.3) is 5.91 Å². The van der Waals surface area contributed by atoms with Crippen molar-refractivity contribution in [3.8, 4) is 12.3 Å². The summed E-state index contributed by atoms with van der Waals surface area (Å²) in [7, 11) is 0. The molecule has 30 heavy (non-hydrogen) atoms. The van der Waals surface area contributed by atoms with Gasteiger partial charge in [-0.1, -0.05) is 23.3 Å². The largest absolute Gasteiger partial charge is 0.462 e. The number of pyridine rings is 1. The van der Waals surface area contributed by atoms with Crippen molar-refractivity contribution in [2.45, 2.75) is 20.4 Å². The van der Waals surface area contributed by atoms with E-state index >= 15 is 0 Å². The van der Waals surface area contributed by atoms with Gasteiger partial charge in [-0.2, -0.15) is 4.99 Å². The molecular weight excluding hydrogens is 400 g/mol. The number of thiazole rings is 1. The molecule has 1 aromatic carbocycles. The van der Waals surface area contributed by atoms with Crippen LogP contribution < -0.4 is 4.80 Å². The maximum atomic E-state index is 13.0. The van der Waals surface area contributed by atoms with Crippen LogP contribution in [0.1, 0.15) is 33.5 Å². The first kappa shape index (κ1) is 19.6. The zero-order valence-electron chi connectivity index (χ0n) is 16.5. The maximum absolute atomic E-state index is 13.0. The van der Waals surface area contributed by atoms with Crippen LogP contribution in [0.3, 0.4) is 0 Å². The molecule has 150 valence electrons. The zero-order valence-corrected chi connectivity index (χ0v) is 17.3. The molecule has 0 saturated heterocycles. The molecule has 0 bridgehead atoms. The third kappa shape index (κ3) is 3.40. The highest BCUT2D eigenvalue weighted by molar-refractivity contribution is 7.16. The van der Waals surface area contributed by atoms with Crippen LogP contribution in [0.5, 0.6) is 0 Å². The van der Waals surface area contributed by atoms with Crippen LogP contribution in [0.25, 0.3) is 15.9 Å². The molecule has 0 saturated carbocycles. The van der Waals surface area contributed by atoms with Gasteiger partial charge >= 0.3 is 5.97 Å². The van der Waals surface area contributed by atoms with E-state index in [4.69, 9.17) is 11.2 Å². The molecule has 4 rings (SSSR count). The fourth-order valence-electron chi connectivity index (χ4n) is 3.25. The summed E-state index contributed by atoms with van der Waals surface area (Å²) >= 11 is 1.29. The van der Waals surface area contributed by atoms with Crippen molar-refractivity contribution < 1.29 is 14.3 Å². The number of hydrogen-bond donors (Lipinski definition) is 0. The predicted molar refractivity (Wildman–Crippen MR) is 114 cm³/mol. The topological polar surface area (TPSA) is 78.0 Å². The van der Waals surface area contributed by atoms with Crippen LogP contribution >= 0.6 is 11.3 Å². The summed E-state index contributed by atoms with van der Waals surface area (Å²) in [6.45, 7) is 4.08. The average Bonchev–Trinajstić information content (AvgIpc) is 3.24. The number of aryl methyl sites for hydroxylation is 1. The fraction of sp³-hybridized carbons (Fsp3) is 0.182. The van der Waals surface area contributed by atoms with Gasteiger partial charge in [-0.25, -0.2) is 9.78 Å². The Balaban J connectivity index is 1.86. The number of amides is 1. The molecule has 3 aromatic heterocycles. The lowest BCUT2D eigenvalue weighted by atomic mass is 10.2. The Bertz CT molecular complexity index is 1400. The van der Waals surface area contributed by atoms with Gasteiger partial charge in [0.15, 0.2) is 4.80 Å². The zero-order chi connectivity index (χ0) is 21.3. The number of hydrogen-bond acceptors (Lipinski definition) is 5. The summed E-state index contributed by atoms with van der Waals surface area (Å²) in [6.07, 6.45) is 7.32. The quantitative estimate of drug-likeness (QED) is 0.377. The summed E-state index contributed by atoms with van der Waals surface area (Å²) in [5.74, 6) is 1.79. The van der Waals surface area contributed by atoms with Gasteiger partial charge in [0.2, 0.25) is 0 Å². The minimum Gasteiger partial charge on any atom is -0.462 e. The number of nitrogens with zero attached hydrogens (tertiary/aromatic N) is 4. The molecule has 7 nitrogen and oxygen atoms in total. The Kier molecular flexibility index (Phi) is 5.21. The van der Waals surface area contributed by atoms with E-state index in [1.807, 2.05) is 18.2 Å². The van der Waals surface area contributed by atoms with E-state index in [2.05, 4.69) is 15.9 Å². The second-order valence-corrected chi connectivity index (χ2v) is 7.48. The van der Waals surface area contributed by atoms with Crippen LogP contribution in [0.15, 0.2) is 47.6 Å². The van der Waals surface area contributed by atoms with Crippen LogP contribution in [0.4, 0.5) is 0 Å². The van der Waals surface area contributed by atoms with Gasteiger partial charge in [0, 0.05) is 6.20 Å². The van der Waals surface area contributed by atoms with Gasteiger partial charge in [-0.3, -0.25) is 9.20 Å². The number of carbonyl (C=O) groups is 2. The number of imidazole rings is 1. The lowest BCUT2D eigenvalue weighted by Gasteiger charge is -2.03. The summed E-state index contributed by atoms with van der Waals surface area (Å²) < 4.78 is 9.36. The van der Waals surface area contributed by atoms with Gasteiger partial charge in [-0.15, -0.1) is 6.42 Å². The number of ether oxygens (including phenoxy) is 1. The lowest BCUT2D eigenvalue weighted by molar-refractivity contribution is 0.0526. The van der Waals surface area contributed by atoms with Crippen LogP contribution in [0.2, 0.25) is 0 Å². The van der Waals surface area contributed by atoms with E-state index < -0.39 is 11.9 Å². The molecule has 0 fully saturated rings. The highest BCUT2D eigenvalue weighted by Crippen LogP contribution is 2.20. The van der Waals surface area contributed by atoms with E-state index in [0.29, 0.717) is 34.0 Å². The first-order chi connectivity index (χ1) is 14.5. The standard InChI is InChI=1S/C22H18N4O3S/c1-4-11-25-16-10-9-15(21(28)29-5-2)13-17(16)30-22(25)24-20(27)19-14(3)23-18-8-6-7-12-26(18)19/h1,6-10,12-13H,5,11H2,2-3H3. The molecule has 0 radical (unpaired) electrons. The number of benzene rings is 1. The van der Waals surface area contributed by atoms with Crippen molar-refractivity contribution >= 4 is 39.1 Å². The van der Waals surface area contributed by atoms with Crippen molar-refractivity contribution in [2.24, 2.45) is 4.99 Å². The molecule has 0 spiro atoms. The molecular formula is C22H18N4O3S. The highest BCUT2D eigenvalue weighted by Gasteiger charge is 2.17. The Morgan fingerprint density at radius 2 is 2.13 bits per heavy atom. The first-order valence-corrected chi connectivity index (χ1v) is 10.1. The Hall–Kier alpha value is -3.70. The summed E-state index contributed by atoms with van der Waals surface area (Å²) in [5, 5.41) is 0. The molecule has 3 heterocycles. The second-order valence-electron chi connectivity index (χ2n) is 6.47. The minimum atomic E-state index is -0.408. The van der Waals surface area contributed by atoms with E-state index in [9.17, 15) is 9.59 Å². The molecule has 0 unspecified atom stereocenters. The SMILES string of the molecule is C#CCn1c(=NC(=O)c2c(C)nc3ccccn23)sc2cc(C(=O)OCC)ccc21. The molecule has 8 heteroatoms. The second kappa shape index (κ2) is 7.97. The molecule has 1 amide bonds. The number of terminal acetylenes is 1. The van der Waals surface area contributed by atoms with E-state index in [1.54, 1.807) is 47.2 Å². The molecule has 0 N–H and O–H groups in total. The third-order valence-corrected chi connectivity index (χ3v) is 5.59. The van der Waals surface area contributed by atoms with E-state index in [-0.39, 0.29) is 6.54 Å². The van der Waals surface area contributed by atoms with Crippen LogP contribution in [-0.4, -0.2) is 32.4 Å². The van der Waals surface area contributed by atoms with Crippen LogP contribution in [0, 0.1) is 19.3 Å². The number of carbonyl (C=O) groups excluding carboxylic acids is 2. The molecule has 4 aromatic rings. The minimum absolute atomic E-state index is 0.247. The molecule has 0 aliphatic carbocycles. The number of rotatable bonds is 4. The monoisotopic (exact) mass is 418 g/mol. The van der Waals surface area contributed by atoms with Gasteiger partial charge in [0.05, 0.1) is 34.6 Å². The predicted octanol–water partition coefficient (Wildman–Crippen LogP) is 3.21. The van der Waals surface area contributed by atoms with Gasteiger partial charge in [0.1, 0.15) is 11.3 Å². The summed E-state index contributed by atoms with van der Waals surface area (Å²) in [6, 6.07) is 10.7. The Morgan fingerprint density at radius 3 is 2.90 bits per heavy atom. The fourth-order valence-corrected chi connectivity index (χ4v) is 4.32. The van der Waals surface area contributed by atoms with Gasteiger partial charge in [-0.05, 0) is 44.2 Å². The average molecular weight is 418 g/mol. The maximum Gasteiger partial charge on any atom is 0.338 e. The molecule has 0 atom stereocenters. The smallest absolute Gasteiger partial charge is 0.338 e. The normalized spacial score (nSPS) is 11.7. The molecule has 0 aliphatic rings.